The number of carboxylic acid groups (broad SMARTS) is 1. The van der Waals surface area contributed by atoms with E-state index >= 15 is 0 Å². The molecule has 0 aliphatic carbocycles. The van der Waals surface area contributed by atoms with E-state index in [9.17, 15) is 9.90 Å². The van der Waals surface area contributed by atoms with Gasteiger partial charge in [0.15, 0.2) is 0 Å². The Kier molecular flexibility index (Phi) is 4.63. The van der Waals surface area contributed by atoms with E-state index in [-0.39, 0.29) is 10.8 Å². The maximum absolute atomic E-state index is 11.2. The zero-order valence-corrected chi connectivity index (χ0v) is 15.8. The molecule has 2 aromatic rings. The minimum Gasteiger partial charge on any atom is -0.478 e. The Labute approximate surface area is 145 Å². The van der Waals surface area contributed by atoms with Crippen LogP contribution in [0.15, 0.2) is 36.4 Å². The Hall–Kier alpha value is -2.09. The summed E-state index contributed by atoms with van der Waals surface area (Å²) in [5, 5.41) is 9.23. The molecule has 0 spiro atoms. The molecule has 0 saturated carbocycles. The Morgan fingerprint density at radius 1 is 0.792 bits per heavy atom. The van der Waals surface area contributed by atoms with Crippen molar-refractivity contribution in [3.8, 4) is 11.1 Å². The average molecular weight is 324 g/mol. The van der Waals surface area contributed by atoms with E-state index in [1.54, 1.807) is 6.07 Å². The molecule has 2 rings (SSSR count). The van der Waals surface area contributed by atoms with Gasteiger partial charge in [0.05, 0.1) is 5.56 Å². The first-order chi connectivity index (χ1) is 10.9. The summed E-state index contributed by atoms with van der Waals surface area (Å²) in [6.45, 7) is 15.2. The number of aromatic carboxylic acids is 1. The van der Waals surface area contributed by atoms with Crippen molar-refractivity contribution in [2.45, 2.75) is 59.3 Å². The molecule has 2 nitrogen and oxygen atoms in total. The van der Waals surface area contributed by atoms with Gasteiger partial charge in [0.1, 0.15) is 0 Å². The molecule has 1 N–H and O–H groups in total. The molecule has 2 heteroatoms. The lowest BCUT2D eigenvalue weighted by atomic mass is 9.79. The Balaban J connectivity index is 2.66. The van der Waals surface area contributed by atoms with Crippen LogP contribution in [0.5, 0.6) is 0 Å². The van der Waals surface area contributed by atoms with Gasteiger partial charge >= 0.3 is 5.97 Å². The van der Waals surface area contributed by atoms with Crippen LogP contribution in [0.4, 0.5) is 0 Å². The molecule has 0 bridgehead atoms. The Morgan fingerprint density at radius 2 is 1.29 bits per heavy atom. The lowest BCUT2D eigenvalue weighted by molar-refractivity contribution is 0.0696. The van der Waals surface area contributed by atoms with Gasteiger partial charge in [-0.25, -0.2) is 4.79 Å². The van der Waals surface area contributed by atoms with Crippen molar-refractivity contribution in [3.05, 3.63) is 58.7 Å². The molecule has 0 heterocycles. The SMILES string of the molecule is Cc1cc(-c2cc(C(C)(C)C)cc(C(C)(C)C)c2)ccc1C(=O)O. The van der Waals surface area contributed by atoms with Crippen LogP contribution < -0.4 is 0 Å². The largest absolute Gasteiger partial charge is 0.478 e. The van der Waals surface area contributed by atoms with Crippen LogP contribution in [0, 0.1) is 6.92 Å². The topological polar surface area (TPSA) is 37.3 Å². The van der Waals surface area contributed by atoms with Gasteiger partial charge in [0.2, 0.25) is 0 Å². The Morgan fingerprint density at radius 3 is 1.67 bits per heavy atom. The van der Waals surface area contributed by atoms with Crippen molar-refractivity contribution in [1.29, 1.82) is 0 Å². The number of carbonyl (C=O) groups is 1. The van der Waals surface area contributed by atoms with Crippen molar-refractivity contribution in [2.24, 2.45) is 0 Å². The molecule has 0 aliphatic heterocycles. The minimum absolute atomic E-state index is 0.0616. The van der Waals surface area contributed by atoms with Gasteiger partial charge in [-0.1, -0.05) is 71.9 Å². The zero-order valence-electron chi connectivity index (χ0n) is 15.8. The second-order valence-corrected chi connectivity index (χ2v) is 8.63. The molecular formula is C22H28O2. The summed E-state index contributed by atoms with van der Waals surface area (Å²) in [7, 11) is 0. The highest BCUT2D eigenvalue weighted by Gasteiger charge is 2.21. The standard InChI is InChI=1S/C22H28O2/c1-14-10-15(8-9-19(14)20(23)24)16-11-17(21(2,3)4)13-18(12-16)22(5,6)7/h8-13H,1-7H3,(H,23,24). The summed E-state index contributed by atoms with van der Waals surface area (Å²) in [6.07, 6.45) is 0. The van der Waals surface area contributed by atoms with Crippen LogP contribution in [-0.2, 0) is 10.8 Å². The zero-order chi connectivity index (χ0) is 18.3. The number of rotatable bonds is 2. The highest BCUT2D eigenvalue weighted by Crippen LogP contribution is 2.34. The van der Waals surface area contributed by atoms with Gasteiger partial charge in [0, 0.05) is 0 Å². The van der Waals surface area contributed by atoms with E-state index < -0.39 is 5.97 Å². The van der Waals surface area contributed by atoms with Crippen LogP contribution in [0.1, 0.15) is 68.6 Å². The molecule has 0 radical (unpaired) electrons. The second-order valence-electron chi connectivity index (χ2n) is 8.63. The minimum atomic E-state index is -0.877. The van der Waals surface area contributed by atoms with Gasteiger partial charge in [-0.05, 0) is 51.6 Å². The monoisotopic (exact) mass is 324 g/mol. The van der Waals surface area contributed by atoms with E-state index in [1.165, 1.54) is 11.1 Å². The molecular weight excluding hydrogens is 296 g/mol. The van der Waals surface area contributed by atoms with Crippen LogP contribution in [0.2, 0.25) is 0 Å². The normalized spacial score (nSPS) is 12.3. The van der Waals surface area contributed by atoms with Crippen LogP contribution in [-0.4, -0.2) is 11.1 Å². The van der Waals surface area contributed by atoms with Crippen molar-refractivity contribution < 1.29 is 9.90 Å². The molecule has 0 fully saturated rings. The maximum Gasteiger partial charge on any atom is 0.335 e. The van der Waals surface area contributed by atoms with Crippen LogP contribution in [0.25, 0.3) is 11.1 Å². The third-order valence-electron chi connectivity index (χ3n) is 4.46. The number of carboxylic acids is 1. The van der Waals surface area contributed by atoms with Gasteiger partial charge < -0.3 is 5.11 Å². The van der Waals surface area contributed by atoms with Gasteiger partial charge in [-0.2, -0.15) is 0 Å². The number of aryl methyl sites for hydroxylation is 1. The molecule has 2 aromatic carbocycles. The molecule has 0 aliphatic rings. The van der Waals surface area contributed by atoms with E-state index in [0.29, 0.717) is 5.56 Å². The average Bonchev–Trinajstić information content (AvgIpc) is 2.44. The molecule has 0 aromatic heterocycles. The fraction of sp³-hybridized carbons (Fsp3) is 0.409. The summed E-state index contributed by atoms with van der Waals surface area (Å²) >= 11 is 0. The highest BCUT2D eigenvalue weighted by atomic mass is 16.4. The summed E-state index contributed by atoms with van der Waals surface area (Å²) in [5.41, 5.74) is 6.08. The van der Waals surface area contributed by atoms with Crippen molar-refractivity contribution in [3.63, 3.8) is 0 Å². The fourth-order valence-corrected chi connectivity index (χ4v) is 2.74. The molecule has 0 amide bonds. The third kappa shape index (κ3) is 3.87. The van der Waals surface area contributed by atoms with Crippen molar-refractivity contribution in [2.75, 3.05) is 0 Å². The molecule has 128 valence electrons. The van der Waals surface area contributed by atoms with E-state index in [0.717, 1.165) is 16.7 Å². The van der Waals surface area contributed by atoms with Crippen LogP contribution in [0.3, 0.4) is 0 Å². The van der Waals surface area contributed by atoms with Gasteiger partial charge in [-0.3, -0.25) is 0 Å². The number of benzene rings is 2. The molecule has 24 heavy (non-hydrogen) atoms. The van der Waals surface area contributed by atoms with Crippen LogP contribution >= 0.6 is 0 Å². The maximum atomic E-state index is 11.2. The lowest BCUT2D eigenvalue weighted by Crippen LogP contribution is -2.16. The third-order valence-corrected chi connectivity index (χ3v) is 4.46. The molecule has 0 saturated heterocycles. The second kappa shape index (κ2) is 6.08. The van der Waals surface area contributed by atoms with Gasteiger partial charge in [-0.15, -0.1) is 0 Å². The van der Waals surface area contributed by atoms with E-state index in [2.05, 4.69) is 59.7 Å². The fourth-order valence-electron chi connectivity index (χ4n) is 2.74. The smallest absolute Gasteiger partial charge is 0.335 e. The highest BCUT2D eigenvalue weighted by molar-refractivity contribution is 5.90. The quantitative estimate of drug-likeness (QED) is 0.740. The Bertz CT molecular complexity index is 739. The number of hydrogen-bond acceptors (Lipinski definition) is 1. The number of hydrogen-bond donors (Lipinski definition) is 1. The van der Waals surface area contributed by atoms with E-state index in [1.807, 2.05) is 19.1 Å². The van der Waals surface area contributed by atoms with Gasteiger partial charge in [0.25, 0.3) is 0 Å². The van der Waals surface area contributed by atoms with E-state index in [4.69, 9.17) is 0 Å². The predicted molar refractivity (Wildman–Crippen MR) is 101 cm³/mol. The summed E-state index contributed by atoms with van der Waals surface area (Å²) in [4.78, 5) is 11.2. The first-order valence-corrected chi connectivity index (χ1v) is 8.40. The molecule has 0 unspecified atom stereocenters. The lowest BCUT2D eigenvalue weighted by Gasteiger charge is -2.26. The van der Waals surface area contributed by atoms with Crippen molar-refractivity contribution in [1.82, 2.24) is 0 Å². The summed E-state index contributed by atoms with van der Waals surface area (Å²) in [6, 6.07) is 12.3. The predicted octanol–water partition coefficient (Wildman–Crippen LogP) is 5.96. The first kappa shape index (κ1) is 18.3. The summed E-state index contributed by atoms with van der Waals surface area (Å²) < 4.78 is 0. The molecule has 0 atom stereocenters. The summed E-state index contributed by atoms with van der Waals surface area (Å²) in [5.74, 6) is -0.877. The first-order valence-electron chi connectivity index (χ1n) is 8.40. The van der Waals surface area contributed by atoms with Crippen molar-refractivity contribution >= 4 is 5.97 Å².